The Morgan fingerprint density at radius 1 is 1.56 bits per heavy atom. The van der Waals surface area contributed by atoms with Crippen molar-refractivity contribution in [3.8, 4) is 0 Å². The van der Waals surface area contributed by atoms with E-state index in [0.29, 0.717) is 19.0 Å². The second kappa shape index (κ2) is 5.81. The Morgan fingerprint density at radius 2 is 2.39 bits per heavy atom. The van der Waals surface area contributed by atoms with E-state index in [1.165, 1.54) is 0 Å². The smallest absolute Gasteiger partial charge is 0.300 e. The predicted molar refractivity (Wildman–Crippen MR) is 67.9 cm³/mol. The number of nitrogen functional groups attached to an aromatic ring is 1. The van der Waals surface area contributed by atoms with Gasteiger partial charge in [-0.1, -0.05) is 6.07 Å². The van der Waals surface area contributed by atoms with E-state index in [4.69, 9.17) is 15.0 Å². The lowest BCUT2D eigenvalue weighted by Gasteiger charge is -2.00. The van der Waals surface area contributed by atoms with Gasteiger partial charge in [0.2, 0.25) is 0 Å². The Morgan fingerprint density at radius 3 is 3.06 bits per heavy atom. The van der Waals surface area contributed by atoms with Gasteiger partial charge < -0.3 is 9.15 Å². The number of carbonyl (C=O) groups excluding carboxylic acids is 1. The van der Waals surface area contributed by atoms with Crippen LogP contribution in [-0.4, -0.2) is 5.91 Å². The van der Waals surface area contributed by atoms with Crippen LogP contribution < -0.4 is 11.3 Å². The first-order valence-electron chi connectivity index (χ1n) is 5.41. The van der Waals surface area contributed by atoms with Crippen molar-refractivity contribution >= 4 is 17.2 Å². The van der Waals surface area contributed by atoms with Crippen LogP contribution in [0.1, 0.15) is 26.8 Å². The molecule has 0 bridgehead atoms. The number of rotatable bonds is 5. The summed E-state index contributed by atoms with van der Waals surface area (Å²) in [7, 11) is 0. The second-order valence-corrected chi connectivity index (χ2v) is 4.77. The monoisotopic (exact) mass is 266 g/mol. The molecule has 96 valence electrons. The molecule has 0 spiro atoms. The molecule has 0 atom stereocenters. The number of hydrogen-bond acceptors (Lipinski definition) is 5. The summed E-state index contributed by atoms with van der Waals surface area (Å²) in [6.07, 6.45) is 0. The molecular formula is C12H14N2O3S. The van der Waals surface area contributed by atoms with Crippen LogP contribution >= 0.6 is 11.3 Å². The molecule has 0 aliphatic carbocycles. The first-order valence-corrected chi connectivity index (χ1v) is 6.29. The van der Waals surface area contributed by atoms with Crippen molar-refractivity contribution in [2.75, 3.05) is 0 Å². The normalized spacial score (nSPS) is 10.6. The Kier molecular flexibility index (Phi) is 4.14. The number of nitrogens with two attached hydrogens (primary N) is 1. The number of amides is 1. The minimum Gasteiger partial charge on any atom is -0.456 e. The molecule has 0 saturated heterocycles. The molecule has 0 aliphatic rings. The van der Waals surface area contributed by atoms with Gasteiger partial charge in [-0.15, -0.1) is 11.3 Å². The maximum absolute atomic E-state index is 11.3. The molecule has 0 aromatic carbocycles. The number of thiophene rings is 1. The van der Waals surface area contributed by atoms with Gasteiger partial charge in [0.1, 0.15) is 5.76 Å². The SMILES string of the molecule is Cc1oc(C(=O)NN)cc1COCc1cccs1. The number of nitrogens with one attached hydrogen (secondary N) is 1. The maximum atomic E-state index is 11.3. The van der Waals surface area contributed by atoms with E-state index in [-0.39, 0.29) is 5.76 Å². The van der Waals surface area contributed by atoms with Crippen LogP contribution in [0.2, 0.25) is 0 Å². The number of hydrazine groups is 1. The highest BCUT2D eigenvalue weighted by molar-refractivity contribution is 7.09. The quantitative estimate of drug-likeness (QED) is 0.493. The minimum absolute atomic E-state index is 0.199. The summed E-state index contributed by atoms with van der Waals surface area (Å²) < 4.78 is 10.8. The van der Waals surface area contributed by atoms with Gasteiger partial charge in [-0.2, -0.15) is 0 Å². The van der Waals surface area contributed by atoms with E-state index in [1.807, 2.05) is 22.9 Å². The Hall–Kier alpha value is -1.63. The summed E-state index contributed by atoms with van der Waals surface area (Å²) in [6, 6.07) is 5.64. The fraction of sp³-hybridized carbons (Fsp3) is 0.250. The molecule has 0 radical (unpaired) electrons. The lowest BCUT2D eigenvalue weighted by atomic mass is 10.2. The Labute approximate surface area is 109 Å². The van der Waals surface area contributed by atoms with Gasteiger partial charge in [-0.05, 0) is 24.4 Å². The molecule has 6 heteroatoms. The molecule has 2 aromatic rings. The summed E-state index contributed by atoms with van der Waals surface area (Å²) in [6.45, 7) is 2.75. The van der Waals surface area contributed by atoms with E-state index >= 15 is 0 Å². The number of carbonyl (C=O) groups is 1. The zero-order chi connectivity index (χ0) is 13.0. The van der Waals surface area contributed by atoms with Crippen LogP contribution in [0, 0.1) is 6.92 Å². The van der Waals surface area contributed by atoms with Crippen molar-refractivity contribution in [2.24, 2.45) is 5.84 Å². The van der Waals surface area contributed by atoms with E-state index in [9.17, 15) is 4.79 Å². The molecule has 1 amide bonds. The van der Waals surface area contributed by atoms with Crippen molar-refractivity contribution in [1.29, 1.82) is 0 Å². The molecule has 3 N–H and O–H groups in total. The third kappa shape index (κ3) is 2.98. The molecule has 0 aliphatic heterocycles. The highest BCUT2D eigenvalue weighted by atomic mass is 32.1. The van der Waals surface area contributed by atoms with E-state index in [1.54, 1.807) is 24.3 Å². The lowest BCUT2D eigenvalue weighted by molar-refractivity contribution is 0.0924. The van der Waals surface area contributed by atoms with Gasteiger partial charge in [0.15, 0.2) is 5.76 Å². The van der Waals surface area contributed by atoms with Crippen LogP contribution in [-0.2, 0) is 18.0 Å². The van der Waals surface area contributed by atoms with Crippen LogP contribution in [0.4, 0.5) is 0 Å². The fourth-order valence-electron chi connectivity index (χ4n) is 1.50. The Bertz CT molecular complexity index is 519. The van der Waals surface area contributed by atoms with Gasteiger partial charge in [0.05, 0.1) is 13.2 Å². The number of furan rings is 1. The third-order valence-electron chi connectivity index (χ3n) is 2.46. The fourth-order valence-corrected chi connectivity index (χ4v) is 2.14. The van der Waals surface area contributed by atoms with Gasteiger partial charge in [0.25, 0.3) is 0 Å². The largest absolute Gasteiger partial charge is 0.456 e. The predicted octanol–water partition coefficient (Wildman–Crippen LogP) is 1.97. The minimum atomic E-state index is -0.442. The van der Waals surface area contributed by atoms with Gasteiger partial charge >= 0.3 is 5.91 Å². The van der Waals surface area contributed by atoms with Gasteiger partial charge in [-0.25, -0.2) is 5.84 Å². The van der Waals surface area contributed by atoms with Crippen LogP contribution in [0.3, 0.4) is 0 Å². The molecule has 0 saturated carbocycles. The summed E-state index contributed by atoms with van der Waals surface area (Å²) in [5.41, 5.74) is 2.88. The maximum Gasteiger partial charge on any atom is 0.300 e. The molecule has 2 rings (SSSR count). The van der Waals surface area contributed by atoms with Crippen molar-refractivity contribution in [2.45, 2.75) is 20.1 Å². The van der Waals surface area contributed by atoms with Gasteiger partial charge in [-0.3, -0.25) is 10.2 Å². The molecule has 2 heterocycles. The molecule has 5 nitrogen and oxygen atoms in total. The summed E-state index contributed by atoms with van der Waals surface area (Å²) in [5.74, 6) is 5.46. The summed E-state index contributed by atoms with van der Waals surface area (Å²) >= 11 is 1.65. The summed E-state index contributed by atoms with van der Waals surface area (Å²) in [5, 5.41) is 2.01. The molecule has 18 heavy (non-hydrogen) atoms. The molecular weight excluding hydrogens is 252 g/mol. The highest BCUT2D eigenvalue weighted by Gasteiger charge is 2.13. The average molecular weight is 266 g/mol. The summed E-state index contributed by atoms with van der Waals surface area (Å²) in [4.78, 5) is 12.4. The molecule has 0 unspecified atom stereocenters. The first-order chi connectivity index (χ1) is 8.70. The molecule has 0 fully saturated rings. The number of aryl methyl sites for hydroxylation is 1. The van der Waals surface area contributed by atoms with Gasteiger partial charge in [0, 0.05) is 10.4 Å². The van der Waals surface area contributed by atoms with Crippen molar-refractivity contribution < 1.29 is 13.9 Å². The van der Waals surface area contributed by atoms with Crippen LogP contribution in [0.5, 0.6) is 0 Å². The highest BCUT2D eigenvalue weighted by Crippen LogP contribution is 2.17. The third-order valence-corrected chi connectivity index (χ3v) is 3.31. The standard InChI is InChI=1S/C12H14N2O3S/c1-8-9(5-11(17-8)12(15)14-13)6-16-7-10-3-2-4-18-10/h2-5H,6-7,13H2,1H3,(H,14,15). The van der Waals surface area contributed by atoms with E-state index < -0.39 is 5.91 Å². The topological polar surface area (TPSA) is 77.5 Å². The zero-order valence-electron chi connectivity index (χ0n) is 9.93. The lowest BCUT2D eigenvalue weighted by Crippen LogP contribution is -2.29. The molecule has 2 aromatic heterocycles. The van der Waals surface area contributed by atoms with E-state index in [2.05, 4.69) is 0 Å². The van der Waals surface area contributed by atoms with Crippen molar-refractivity contribution in [3.63, 3.8) is 0 Å². The zero-order valence-corrected chi connectivity index (χ0v) is 10.8. The van der Waals surface area contributed by atoms with Crippen LogP contribution in [0.15, 0.2) is 28.0 Å². The first kappa shape index (κ1) is 12.8. The second-order valence-electron chi connectivity index (χ2n) is 3.74. The van der Waals surface area contributed by atoms with E-state index in [0.717, 1.165) is 10.4 Å². The van der Waals surface area contributed by atoms with Crippen molar-refractivity contribution in [3.05, 3.63) is 45.5 Å². The van der Waals surface area contributed by atoms with Crippen molar-refractivity contribution in [1.82, 2.24) is 5.43 Å². The Balaban J connectivity index is 1.93. The number of hydrogen-bond donors (Lipinski definition) is 2. The average Bonchev–Trinajstić information content (AvgIpc) is 2.99. The van der Waals surface area contributed by atoms with Crippen LogP contribution in [0.25, 0.3) is 0 Å². The number of ether oxygens (including phenoxy) is 1.